The predicted molar refractivity (Wildman–Crippen MR) is 67.4 cm³/mol. The summed E-state index contributed by atoms with van der Waals surface area (Å²) in [7, 11) is 2.02. The average Bonchev–Trinajstić information content (AvgIpc) is 2.34. The Morgan fingerprint density at radius 3 is 2.65 bits per heavy atom. The van der Waals surface area contributed by atoms with E-state index in [1.807, 2.05) is 7.05 Å². The second kappa shape index (κ2) is 5.89. The van der Waals surface area contributed by atoms with Gasteiger partial charge in [-0.25, -0.2) is 0 Å². The van der Waals surface area contributed by atoms with Gasteiger partial charge < -0.3 is 10.0 Å². The highest BCUT2D eigenvalue weighted by atomic mass is 19.4. The predicted octanol–water partition coefficient (Wildman–Crippen LogP) is 1.81. The van der Waals surface area contributed by atoms with E-state index in [2.05, 4.69) is 4.90 Å². The fourth-order valence-electron chi connectivity index (χ4n) is 3.58. The van der Waals surface area contributed by atoms with Gasteiger partial charge in [0.2, 0.25) is 0 Å². The van der Waals surface area contributed by atoms with Gasteiger partial charge in [-0.15, -0.1) is 0 Å². The minimum absolute atomic E-state index is 0.223. The number of alkyl halides is 3. The zero-order chi connectivity index (χ0) is 14.9. The average molecular weight is 294 g/mol. The van der Waals surface area contributed by atoms with Gasteiger partial charge in [-0.3, -0.25) is 9.69 Å². The molecule has 116 valence electrons. The summed E-state index contributed by atoms with van der Waals surface area (Å²) in [4.78, 5) is 14.3. The molecule has 2 rings (SSSR count). The molecule has 0 amide bonds. The molecule has 0 aromatic carbocycles. The molecule has 1 N–H and O–H groups in total. The highest BCUT2D eigenvalue weighted by Gasteiger charge is 2.47. The van der Waals surface area contributed by atoms with Crippen molar-refractivity contribution in [2.24, 2.45) is 5.92 Å². The first-order valence-electron chi connectivity index (χ1n) is 7.02. The third-order valence-corrected chi connectivity index (χ3v) is 4.56. The number of hydrogen-bond acceptors (Lipinski definition) is 3. The van der Waals surface area contributed by atoms with Crippen LogP contribution in [0.5, 0.6) is 0 Å². The molecule has 2 heterocycles. The first kappa shape index (κ1) is 15.6. The van der Waals surface area contributed by atoms with Crippen molar-refractivity contribution in [3.05, 3.63) is 0 Å². The van der Waals surface area contributed by atoms with Crippen molar-refractivity contribution in [2.75, 3.05) is 26.7 Å². The Labute approximate surface area is 116 Å². The topological polar surface area (TPSA) is 43.8 Å². The lowest BCUT2D eigenvalue weighted by atomic mass is 9.83. The lowest BCUT2D eigenvalue weighted by Gasteiger charge is -2.48. The van der Waals surface area contributed by atoms with Crippen molar-refractivity contribution >= 4 is 5.97 Å². The summed E-state index contributed by atoms with van der Waals surface area (Å²) in [5, 5.41) is 8.72. The Balaban J connectivity index is 2.06. The van der Waals surface area contributed by atoms with Gasteiger partial charge in [0.1, 0.15) is 6.04 Å². The third-order valence-electron chi connectivity index (χ3n) is 4.56. The summed E-state index contributed by atoms with van der Waals surface area (Å²) >= 11 is 0. The Hall–Kier alpha value is -0.820. The maximum atomic E-state index is 13.1. The summed E-state index contributed by atoms with van der Waals surface area (Å²) < 4.78 is 39.2. The quantitative estimate of drug-likeness (QED) is 0.862. The molecule has 3 unspecified atom stereocenters. The second-order valence-electron chi connectivity index (χ2n) is 5.89. The second-order valence-corrected chi connectivity index (χ2v) is 5.89. The molecule has 0 aliphatic carbocycles. The summed E-state index contributed by atoms with van der Waals surface area (Å²) in [6, 6.07) is -1.51. The number of rotatable bonds is 3. The zero-order valence-electron chi connectivity index (χ0n) is 11.6. The fourth-order valence-corrected chi connectivity index (χ4v) is 3.58. The van der Waals surface area contributed by atoms with Crippen LogP contribution in [0.25, 0.3) is 0 Å². The molecule has 0 aromatic rings. The standard InChI is InChI=1S/C13H21F3N2O2/c1-17-5-2-3-9-8-18(6-4-10(9)17)11(7-12(19)20)13(14,15)16/h9-11H,2-8H2,1H3,(H,19,20). The van der Waals surface area contributed by atoms with Gasteiger partial charge in [-0.2, -0.15) is 13.2 Å². The van der Waals surface area contributed by atoms with Gasteiger partial charge in [0.25, 0.3) is 0 Å². The molecule has 3 atom stereocenters. The van der Waals surface area contributed by atoms with Crippen molar-refractivity contribution in [2.45, 2.75) is 43.9 Å². The Bertz CT molecular complexity index is 362. The summed E-state index contributed by atoms with van der Waals surface area (Å²) in [6.07, 6.45) is -2.72. The van der Waals surface area contributed by atoms with Gasteiger partial charge in [0.15, 0.2) is 0 Å². The van der Waals surface area contributed by atoms with E-state index in [-0.39, 0.29) is 5.92 Å². The lowest BCUT2D eigenvalue weighted by Crippen LogP contribution is -2.57. The van der Waals surface area contributed by atoms with Crippen LogP contribution in [0.4, 0.5) is 13.2 Å². The largest absolute Gasteiger partial charge is 0.481 e. The van der Waals surface area contributed by atoms with Crippen molar-refractivity contribution in [3.63, 3.8) is 0 Å². The van der Waals surface area contributed by atoms with Crippen molar-refractivity contribution in [1.82, 2.24) is 9.80 Å². The molecular weight excluding hydrogens is 273 g/mol. The molecule has 0 radical (unpaired) electrons. The number of piperidine rings is 2. The zero-order valence-corrected chi connectivity index (χ0v) is 11.6. The van der Waals surface area contributed by atoms with Crippen LogP contribution in [0.3, 0.4) is 0 Å². The molecule has 2 aliphatic rings. The molecule has 2 fully saturated rings. The number of carboxylic acids is 1. The van der Waals surface area contributed by atoms with Gasteiger partial charge in [-0.05, 0) is 38.8 Å². The number of fused-ring (bicyclic) bond motifs is 1. The van der Waals surface area contributed by atoms with E-state index in [4.69, 9.17) is 5.11 Å². The third kappa shape index (κ3) is 3.44. The van der Waals surface area contributed by atoms with Crippen LogP contribution >= 0.6 is 0 Å². The minimum atomic E-state index is -4.48. The van der Waals surface area contributed by atoms with Crippen molar-refractivity contribution in [3.8, 4) is 0 Å². The highest BCUT2D eigenvalue weighted by molar-refractivity contribution is 5.67. The van der Waals surface area contributed by atoms with E-state index in [1.54, 1.807) is 0 Å². The number of likely N-dealkylation sites (tertiary alicyclic amines) is 2. The summed E-state index contributed by atoms with van der Waals surface area (Å²) in [5.41, 5.74) is 0. The molecule has 2 saturated heterocycles. The molecule has 4 nitrogen and oxygen atoms in total. The van der Waals surface area contributed by atoms with E-state index < -0.39 is 24.6 Å². The number of hydrogen-bond donors (Lipinski definition) is 1. The van der Waals surface area contributed by atoms with Gasteiger partial charge in [-0.1, -0.05) is 0 Å². The first-order valence-corrected chi connectivity index (χ1v) is 7.02. The normalized spacial score (nSPS) is 30.8. The number of halogens is 3. The van der Waals surface area contributed by atoms with Gasteiger partial charge in [0, 0.05) is 19.1 Å². The smallest absolute Gasteiger partial charge is 0.404 e. The monoisotopic (exact) mass is 294 g/mol. The number of aliphatic carboxylic acids is 1. The Morgan fingerprint density at radius 1 is 1.35 bits per heavy atom. The highest BCUT2D eigenvalue weighted by Crippen LogP contribution is 2.35. The van der Waals surface area contributed by atoms with Crippen LogP contribution in [0.1, 0.15) is 25.7 Å². The lowest BCUT2D eigenvalue weighted by molar-refractivity contribution is -0.197. The maximum absolute atomic E-state index is 13.1. The molecule has 7 heteroatoms. The van der Waals surface area contributed by atoms with Gasteiger partial charge >= 0.3 is 12.1 Å². The van der Waals surface area contributed by atoms with E-state index in [0.29, 0.717) is 25.6 Å². The van der Waals surface area contributed by atoms with Crippen molar-refractivity contribution < 1.29 is 23.1 Å². The SMILES string of the molecule is CN1CCCC2CN(C(CC(=O)O)C(F)(F)F)CCC21. The fraction of sp³-hybridized carbons (Fsp3) is 0.923. The first-order chi connectivity index (χ1) is 9.29. The van der Waals surface area contributed by atoms with Gasteiger partial charge in [0.05, 0.1) is 6.42 Å². The summed E-state index contributed by atoms with van der Waals surface area (Å²) in [6.45, 7) is 1.68. The summed E-state index contributed by atoms with van der Waals surface area (Å²) in [5.74, 6) is -1.17. The number of carboxylic acid groups (broad SMARTS) is 1. The van der Waals surface area contributed by atoms with E-state index in [9.17, 15) is 18.0 Å². The molecule has 0 bridgehead atoms. The van der Waals surface area contributed by atoms with Crippen LogP contribution in [0, 0.1) is 5.92 Å². The minimum Gasteiger partial charge on any atom is -0.481 e. The van der Waals surface area contributed by atoms with Crippen LogP contribution in [0.2, 0.25) is 0 Å². The number of carbonyl (C=O) groups is 1. The molecular formula is C13H21F3N2O2. The van der Waals surface area contributed by atoms with E-state index in [1.165, 1.54) is 4.90 Å². The molecule has 0 aromatic heterocycles. The molecule has 20 heavy (non-hydrogen) atoms. The molecule has 0 saturated carbocycles. The van der Waals surface area contributed by atoms with Crippen LogP contribution in [0.15, 0.2) is 0 Å². The Kier molecular flexibility index (Phi) is 4.59. The molecule has 0 spiro atoms. The van der Waals surface area contributed by atoms with E-state index >= 15 is 0 Å². The van der Waals surface area contributed by atoms with Crippen molar-refractivity contribution in [1.29, 1.82) is 0 Å². The van der Waals surface area contributed by atoms with Crippen LogP contribution in [-0.2, 0) is 4.79 Å². The van der Waals surface area contributed by atoms with Crippen LogP contribution in [-0.4, -0.2) is 65.8 Å². The van der Waals surface area contributed by atoms with Crippen LogP contribution < -0.4 is 0 Å². The maximum Gasteiger partial charge on any atom is 0.404 e. The molecule has 2 aliphatic heterocycles. The number of nitrogens with zero attached hydrogens (tertiary/aromatic N) is 2. The van der Waals surface area contributed by atoms with E-state index in [0.717, 1.165) is 19.4 Å². The Morgan fingerprint density at radius 2 is 2.05 bits per heavy atom.